The molecular formula is C13H25ClN2O. The average Bonchev–Trinajstić information content (AvgIpc) is 2.63. The molecule has 100 valence electrons. The summed E-state index contributed by atoms with van der Waals surface area (Å²) in [5.74, 6) is 0.983. The second-order valence-corrected chi connectivity index (χ2v) is 5.33. The summed E-state index contributed by atoms with van der Waals surface area (Å²) in [5, 5.41) is 0. The summed E-state index contributed by atoms with van der Waals surface area (Å²) >= 11 is 0. The standard InChI is InChI=1S/C13H24N2O.ClH/c1-2-5-11(14)13(16)15-9-4-8-12(15)10-6-3-7-10;/h10-12H,2-9,14H2,1H3;1H. The van der Waals surface area contributed by atoms with Gasteiger partial charge in [0.15, 0.2) is 0 Å². The van der Waals surface area contributed by atoms with Crippen LogP contribution in [-0.2, 0) is 4.79 Å². The zero-order valence-corrected chi connectivity index (χ0v) is 11.5. The van der Waals surface area contributed by atoms with Gasteiger partial charge in [-0.1, -0.05) is 19.8 Å². The van der Waals surface area contributed by atoms with Gasteiger partial charge in [0.1, 0.15) is 0 Å². The Labute approximate surface area is 111 Å². The van der Waals surface area contributed by atoms with Crippen molar-refractivity contribution in [3.63, 3.8) is 0 Å². The Balaban J connectivity index is 0.00000144. The van der Waals surface area contributed by atoms with E-state index in [1.54, 1.807) is 0 Å². The summed E-state index contributed by atoms with van der Waals surface area (Å²) in [6, 6.07) is 0.259. The molecule has 1 saturated carbocycles. The second kappa shape index (κ2) is 6.60. The van der Waals surface area contributed by atoms with Gasteiger partial charge in [0.25, 0.3) is 0 Å². The predicted molar refractivity (Wildman–Crippen MR) is 72.2 cm³/mol. The molecule has 0 spiro atoms. The van der Waals surface area contributed by atoms with Crippen molar-refractivity contribution in [2.24, 2.45) is 11.7 Å². The number of halogens is 1. The monoisotopic (exact) mass is 260 g/mol. The maximum atomic E-state index is 12.2. The highest BCUT2D eigenvalue weighted by Gasteiger charge is 2.38. The summed E-state index contributed by atoms with van der Waals surface area (Å²) in [6.45, 7) is 3.03. The molecule has 2 atom stereocenters. The topological polar surface area (TPSA) is 46.3 Å². The second-order valence-electron chi connectivity index (χ2n) is 5.33. The Hall–Kier alpha value is -0.280. The first kappa shape index (κ1) is 14.8. The molecule has 0 aromatic rings. The van der Waals surface area contributed by atoms with Crippen LogP contribution in [0.1, 0.15) is 51.9 Å². The van der Waals surface area contributed by atoms with Gasteiger partial charge in [-0.05, 0) is 38.0 Å². The van der Waals surface area contributed by atoms with Crippen LogP contribution in [-0.4, -0.2) is 29.4 Å². The number of nitrogens with zero attached hydrogens (tertiary/aromatic N) is 1. The first-order valence-corrected chi connectivity index (χ1v) is 6.80. The van der Waals surface area contributed by atoms with E-state index in [0.29, 0.717) is 6.04 Å². The van der Waals surface area contributed by atoms with Gasteiger partial charge in [-0.3, -0.25) is 4.79 Å². The van der Waals surface area contributed by atoms with Crippen LogP contribution < -0.4 is 5.73 Å². The molecule has 1 heterocycles. The average molecular weight is 261 g/mol. The fourth-order valence-electron chi connectivity index (χ4n) is 3.03. The number of likely N-dealkylation sites (tertiary alicyclic amines) is 1. The quantitative estimate of drug-likeness (QED) is 0.843. The van der Waals surface area contributed by atoms with E-state index in [2.05, 4.69) is 11.8 Å². The molecule has 2 N–H and O–H groups in total. The van der Waals surface area contributed by atoms with Crippen LogP contribution >= 0.6 is 12.4 Å². The predicted octanol–water partition coefficient (Wildman–Crippen LogP) is 2.33. The fraction of sp³-hybridized carbons (Fsp3) is 0.923. The Kier molecular flexibility index (Phi) is 5.74. The largest absolute Gasteiger partial charge is 0.338 e. The zero-order chi connectivity index (χ0) is 11.5. The lowest BCUT2D eigenvalue weighted by atomic mass is 9.78. The van der Waals surface area contributed by atoms with Crippen molar-refractivity contribution in [2.45, 2.75) is 64.0 Å². The Morgan fingerprint density at radius 1 is 1.35 bits per heavy atom. The molecule has 3 nitrogen and oxygen atoms in total. The summed E-state index contributed by atoms with van der Waals surface area (Å²) in [5.41, 5.74) is 5.94. The van der Waals surface area contributed by atoms with Gasteiger partial charge >= 0.3 is 0 Å². The van der Waals surface area contributed by atoms with Gasteiger partial charge < -0.3 is 10.6 Å². The Morgan fingerprint density at radius 3 is 2.59 bits per heavy atom. The maximum Gasteiger partial charge on any atom is 0.239 e. The van der Waals surface area contributed by atoms with Gasteiger partial charge in [0.2, 0.25) is 5.91 Å². The first-order chi connectivity index (χ1) is 7.74. The van der Waals surface area contributed by atoms with Crippen molar-refractivity contribution in [3.05, 3.63) is 0 Å². The van der Waals surface area contributed by atoms with Gasteiger partial charge in [0, 0.05) is 12.6 Å². The smallest absolute Gasteiger partial charge is 0.239 e. The molecule has 0 aromatic carbocycles. The summed E-state index contributed by atoms with van der Waals surface area (Å²) in [7, 11) is 0. The van der Waals surface area contributed by atoms with Crippen LogP contribution in [0.3, 0.4) is 0 Å². The van der Waals surface area contributed by atoms with Crippen LogP contribution in [0.2, 0.25) is 0 Å². The Morgan fingerprint density at radius 2 is 2.06 bits per heavy atom. The highest BCUT2D eigenvalue weighted by atomic mass is 35.5. The Bertz CT molecular complexity index is 256. The van der Waals surface area contributed by atoms with Gasteiger partial charge in [-0.25, -0.2) is 0 Å². The molecule has 2 unspecified atom stereocenters. The fourth-order valence-corrected chi connectivity index (χ4v) is 3.03. The minimum absolute atomic E-state index is 0. The van der Waals surface area contributed by atoms with Crippen molar-refractivity contribution < 1.29 is 4.79 Å². The first-order valence-electron chi connectivity index (χ1n) is 6.80. The molecule has 1 aliphatic heterocycles. The van der Waals surface area contributed by atoms with Crippen molar-refractivity contribution in [1.82, 2.24) is 4.90 Å². The van der Waals surface area contributed by atoms with E-state index in [0.717, 1.165) is 25.3 Å². The third-order valence-electron chi connectivity index (χ3n) is 4.19. The van der Waals surface area contributed by atoms with E-state index in [-0.39, 0.29) is 24.4 Å². The molecule has 17 heavy (non-hydrogen) atoms. The van der Waals surface area contributed by atoms with Crippen molar-refractivity contribution in [2.75, 3.05) is 6.54 Å². The third kappa shape index (κ3) is 3.14. The normalized spacial score (nSPS) is 26.2. The zero-order valence-electron chi connectivity index (χ0n) is 10.7. The van der Waals surface area contributed by atoms with E-state index >= 15 is 0 Å². The summed E-state index contributed by atoms with van der Waals surface area (Å²) in [4.78, 5) is 14.3. The summed E-state index contributed by atoms with van der Waals surface area (Å²) < 4.78 is 0. The van der Waals surface area contributed by atoms with E-state index in [1.807, 2.05) is 0 Å². The molecule has 2 rings (SSSR count). The number of hydrogen-bond acceptors (Lipinski definition) is 2. The molecule has 1 amide bonds. The van der Waals surface area contributed by atoms with Crippen molar-refractivity contribution in [3.8, 4) is 0 Å². The van der Waals surface area contributed by atoms with Gasteiger partial charge in [-0.15, -0.1) is 12.4 Å². The molecule has 0 bridgehead atoms. The van der Waals surface area contributed by atoms with Gasteiger partial charge in [-0.2, -0.15) is 0 Å². The molecule has 1 aliphatic carbocycles. The number of carbonyl (C=O) groups is 1. The molecule has 0 radical (unpaired) electrons. The van der Waals surface area contributed by atoms with E-state index in [1.165, 1.54) is 32.1 Å². The van der Waals surface area contributed by atoms with Crippen LogP contribution in [0.4, 0.5) is 0 Å². The summed E-state index contributed by atoms with van der Waals surface area (Å²) in [6.07, 6.45) is 8.18. The molecule has 0 aromatic heterocycles. The minimum atomic E-state index is -0.259. The van der Waals surface area contributed by atoms with E-state index in [4.69, 9.17) is 5.73 Å². The molecule has 2 aliphatic rings. The molecule has 4 heteroatoms. The maximum absolute atomic E-state index is 12.2. The number of nitrogens with two attached hydrogens (primary N) is 1. The highest BCUT2D eigenvalue weighted by molar-refractivity contribution is 5.85. The van der Waals surface area contributed by atoms with Crippen LogP contribution in [0.25, 0.3) is 0 Å². The highest BCUT2D eigenvalue weighted by Crippen LogP contribution is 2.37. The lowest BCUT2D eigenvalue weighted by molar-refractivity contribution is -0.135. The van der Waals surface area contributed by atoms with Crippen LogP contribution in [0.5, 0.6) is 0 Å². The molecule has 2 fully saturated rings. The van der Waals surface area contributed by atoms with Crippen molar-refractivity contribution in [1.29, 1.82) is 0 Å². The number of amides is 1. The number of hydrogen-bond donors (Lipinski definition) is 1. The third-order valence-corrected chi connectivity index (χ3v) is 4.19. The van der Waals surface area contributed by atoms with Crippen LogP contribution in [0, 0.1) is 5.92 Å². The van der Waals surface area contributed by atoms with Crippen LogP contribution in [0.15, 0.2) is 0 Å². The van der Waals surface area contributed by atoms with E-state index in [9.17, 15) is 4.79 Å². The lowest BCUT2D eigenvalue weighted by Crippen LogP contribution is -2.49. The minimum Gasteiger partial charge on any atom is -0.338 e. The number of carbonyl (C=O) groups excluding carboxylic acids is 1. The lowest BCUT2D eigenvalue weighted by Gasteiger charge is -2.37. The van der Waals surface area contributed by atoms with Gasteiger partial charge in [0.05, 0.1) is 6.04 Å². The van der Waals surface area contributed by atoms with E-state index < -0.39 is 0 Å². The number of rotatable bonds is 4. The molecule has 1 saturated heterocycles. The molecular weight excluding hydrogens is 236 g/mol. The SMILES string of the molecule is CCCC(N)C(=O)N1CCCC1C1CCC1.Cl. The van der Waals surface area contributed by atoms with Crippen molar-refractivity contribution >= 4 is 18.3 Å².